The average Bonchev–Trinajstić information content (AvgIpc) is 3.10. The average molecular weight is 415 g/mol. The van der Waals surface area contributed by atoms with Crippen LogP contribution in [0.25, 0.3) is 16.9 Å². The molecule has 0 spiro atoms. The van der Waals surface area contributed by atoms with E-state index < -0.39 is 9.84 Å². The van der Waals surface area contributed by atoms with Gasteiger partial charge in [-0.1, -0.05) is 0 Å². The SMILES string of the molecule is CCOC(=O)CCc1ccc(-c2ccc(F)cc2)n1-c1ccc(S(C)(=O)=O)cc1. The summed E-state index contributed by atoms with van der Waals surface area (Å²) in [5.74, 6) is -0.608. The number of carbonyl (C=O) groups excluding carboxylic acids is 1. The van der Waals surface area contributed by atoms with E-state index in [0.29, 0.717) is 13.0 Å². The van der Waals surface area contributed by atoms with Gasteiger partial charge in [0.05, 0.1) is 23.6 Å². The molecule has 29 heavy (non-hydrogen) atoms. The van der Waals surface area contributed by atoms with Crippen LogP contribution < -0.4 is 0 Å². The zero-order valence-electron chi connectivity index (χ0n) is 16.3. The van der Waals surface area contributed by atoms with Gasteiger partial charge in [-0.25, -0.2) is 12.8 Å². The van der Waals surface area contributed by atoms with Crippen LogP contribution in [0.15, 0.2) is 65.6 Å². The number of hydrogen-bond donors (Lipinski definition) is 0. The van der Waals surface area contributed by atoms with Crippen molar-refractivity contribution >= 4 is 15.8 Å². The quantitative estimate of drug-likeness (QED) is 0.543. The summed E-state index contributed by atoms with van der Waals surface area (Å²) < 4.78 is 43.8. The minimum absolute atomic E-state index is 0.224. The van der Waals surface area contributed by atoms with Crippen molar-refractivity contribution in [1.29, 1.82) is 0 Å². The monoisotopic (exact) mass is 415 g/mol. The second-order valence-electron chi connectivity index (χ2n) is 6.62. The predicted molar refractivity (Wildman–Crippen MR) is 109 cm³/mol. The van der Waals surface area contributed by atoms with Gasteiger partial charge in [-0.15, -0.1) is 0 Å². The van der Waals surface area contributed by atoms with Gasteiger partial charge in [0.25, 0.3) is 0 Å². The third-order valence-electron chi connectivity index (χ3n) is 4.52. The summed E-state index contributed by atoms with van der Waals surface area (Å²) in [6.45, 7) is 2.09. The Kier molecular flexibility index (Phi) is 6.17. The molecule has 0 bridgehead atoms. The van der Waals surface area contributed by atoms with Crippen molar-refractivity contribution in [3.8, 4) is 16.9 Å². The van der Waals surface area contributed by atoms with E-state index in [1.165, 1.54) is 12.1 Å². The fourth-order valence-corrected chi connectivity index (χ4v) is 3.76. The fourth-order valence-electron chi connectivity index (χ4n) is 3.13. The molecule has 0 aliphatic heterocycles. The first-order valence-electron chi connectivity index (χ1n) is 9.22. The molecular formula is C22H22FNO4S. The van der Waals surface area contributed by atoms with Crippen LogP contribution in [0.1, 0.15) is 19.0 Å². The van der Waals surface area contributed by atoms with Crippen molar-refractivity contribution in [1.82, 2.24) is 4.57 Å². The number of hydrogen-bond acceptors (Lipinski definition) is 4. The molecule has 1 aromatic heterocycles. The predicted octanol–water partition coefficient (Wildman–Crippen LogP) is 4.18. The highest BCUT2D eigenvalue weighted by Crippen LogP contribution is 2.28. The lowest BCUT2D eigenvalue weighted by Crippen LogP contribution is -2.08. The molecule has 0 fully saturated rings. The largest absolute Gasteiger partial charge is 0.466 e. The number of aromatic nitrogens is 1. The summed E-state index contributed by atoms with van der Waals surface area (Å²) in [5.41, 5.74) is 3.24. The summed E-state index contributed by atoms with van der Waals surface area (Å²) in [4.78, 5) is 12.0. The Morgan fingerprint density at radius 2 is 1.66 bits per heavy atom. The zero-order valence-corrected chi connectivity index (χ0v) is 17.1. The van der Waals surface area contributed by atoms with E-state index in [1.807, 2.05) is 16.7 Å². The van der Waals surface area contributed by atoms with Crippen LogP contribution in [0.3, 0.4) is 0 Å². The highest BCUT2D eigenvalue weighted by atomic mass is 32.2. The van der Waals surface area contributed by atoms with E-state index in [9.17, 15) is 17.6 Å². The van der Waals surface area contributed by atoms with Crippen LogP contribution in [0, 0.1) is 5.82 Å². The summed E-state index contributed by atoms with van der Waals surface area (Å²) >= 11 is 0. The molecule has 7 heteroatoms. The zero-order chi connectivity index (χ0) is 21.0. The van der Waals surface area contributed by atoms with Crippen LogP contribution in [-0.4, -0.2) is 31.8 Å². The topological polar surface area (TPSA) is 65.4 Å². The van der Waals surface area contributed by atoms with E-state index in [0.717, 1.165) is 28.9 Å². The lowest BCUT2D eigenvalue weighted by molar-refractivity contribution is -0.143. The van der Waals surface area contributed by atoms with Gasteiger partial charge >= 0.3 is 5.97 Å². The van der Waals surface area contributed by atoms with Crippen LogP contribution in [-0.2, 0) is 25.8 Å². The van der Waals surface area contributed by atoms with Crippen molar-refractivity contribution in [2.24, 2.45) is 0 Å². The number of halogens is 1. The van der Waals surface area contributed by atoms with Crippen molar-refractivity contribution in [2.45, 2.75) is 24.7 Å². The molecule has 3 rings (SSSR count). The fraction of sp³-hybridized carbons (Fsp3) is 0.227. The van der Waals surface area contributed by atoms with E-state index in [1.54, 1.807) is 43.3 Å². The molecule has 0 unspecified atom stereocenters. The third kappa shape index (κ3) is 4.92. The molecule has 0 aliphatic carbocycles. The molecule has 1 heterocycles. The molecular weight excluding hydrogens is 393 g/mol. The number of rotatable bonds is 7. The maximum absolute atomic E-state index is 13.4. The van der Waals surface area contributed by atoms with Crippen molar-refractivity contribution in [2.75, 3.05) is 12.9 Å². The summed E-state index contributed by atoms with van der Waals surface area (Å²) in [6, 6.07) is 16.5. The Bertz CT molecular complexity index is 1100. The smallest absolute Gasteiger partial charge is 0.306 e. The van der Waals surface area contributed by atoms with E-state index in [4.69, 9.17) is 4.74 Å². The number of esters is 1. The molecule has 0 N–H and O–H groups in total. The number of sulfone groups is 1. The molecule has 0 radical (unpaired) electrons. The number of ether oxygens (including phenoxy) is 1. The summed E-state index contributed by atoms with van der Waals surface area (Å²) in [7, 11) is -3.31. The van der Waals surface area contributed by atoms with E-state index >= 15 is 0 Å². The molecule has 0 amide bonds. The first-order valence-corrected chi connectivity index (χ1v) is 11.1. The van der Waals surface area contributed by atoms with Crippen LogP contribution in [0.2, 0.25) is 0 Å². The van der Waals surface area contributed by atoms with E-state index in [-0.39, 0.29) is 23.1 Å². The molecule has 0 atom stereocenters. The molecule has 0 aliphatic rings. The Morgan fingerprint density at radius 3 is 2.24 bits per heavy atom. The highest BCUT2D eigenvalue weighted by Gasteiger charge is 2.15. The van der Waals surface area contributed by atoms with Gasteiger partial charge in [0, 0.05) is 17.6 Å². The van der Waals surface area contributed by atoms with Crippen molar-refractivity contribution < 1.29 is 22.3 Å². The van der Waals surface area contributed by atoms with Crippen LogP contribution in [0.4, 0.5) is 4.39 Å². The third-order valence-corrected chi connectivity index (χ3v) is 5.64. The number of aryl methyl sites for hydroxylation is 1. The Balaban J connectivity index is 2.04. The van der Waals surface area contributed by atoms with E-state index in [2.05, 4.69) is 0 Å². The van der Waals surface area contributed by atoms with Crippen LogP contribution in [0.5, 0.6) is 0 Å². The summed E-state index contributed by atoms with van der Waals surface area (Å²) in [6.07, 6.45) is 1.84. The van der Waals surface area contributed by atoms with Crippen molar-refractivity contribution in [3.05, 3.63) is 72.2 Å². The minimum Gasteiger partial charge on any atom is -0.466 e. The minimum atomic E-state index is -3.31. The summed E-state index contributed by atoms with van der Waals surface area (Å²) in [5, 5.41) is 0. The van der Waals surface area contributed by atoms with Gasteiger partial charge in [-0.2, -0.15) is 0 Å². The Labute approximate surface area is 169 Å². The van der Waals surface area contributed by atoms with Gasteiger partial charge in [0.1, 0.15) is 5.82 Å². The second-order valence-corrected chi connectivity index (χ2v) is 8.64. The van der Waals surface area contributed by atoms with Crippen LogP contribution >= 0.6 is 0 Å². The second kappa shape index (κ2) is 8.61. The van der Waals surface area contributed by atoms with Crippen molar-refractivity contribution in [3.63, 3.8) is 0 Å². The lowest BCUT2D eigenvalue weighted by atomic mass is 10.1. The maximum Gasteiger partial charge on any atom is 0.306 e. The van der Waals surface area contributed by atoms with Gasteiger partial charge in [0.15, 0.2) is 9.84 Å². The molecule has 152 valence electrons. The molecule has 3 aromatic rings. The lowest BCUT2D eigenvalue weighted by Gasteiger charge is -2.15. The highest BCUT2D eigenvalue weighted by molar-refractivity contribution is 7.90. The van der Waals surface area contributed by atoms with Gasteiger partial charge < -0.3 is 9.30 Å². The molecule has 5 nitrogen and oxygen atoms in total. The first-order chi connectivity index (χ1) is 13.8. The first kappa shape index (κ1) is 20.8. The Hall–Kier alpha value is -2.93. The van der Waals surface area contributed by atoms with Gasteiger partial charge in [0.2, 0.25) is 0 Å². The normalized spacial score (nSPS) is 11.4. The number of nitrogens with zero attached hydrogens (tertiary/aromatic N) is 1. The Morgan fingerprint density at radius 1 is 1.00 bits per heavy atom. The molecule has 0 saturated carbocycles. The van der Waals surface area contributed by atoms with Gasteiger partial charge in [-0.3, -0.25) is 4.79 Å². The standard InChI is InChI=1S/C22H22FNO4S/c1-3-28-22(25)15-11-19-10-14-21(16-4-6-17(23)7-5-16)24(19)18-8-12-20(13-9-18)29(2,26)27/h4-10,12-14H,3,11,15H2,1-2H3. The molecule has 2 aromatic carbocycles. The number of benzene rings is 2. The number of carbonyl (C=O) groups is 1. The van der Waals surface area contributed by atoms with Gasteiger partial charge in [-0.05, 0) is 79.6 Å². The maximum atomic E-state index is 13.4. The molecule has 0 saturated heterocycles.